The Kier molecular flexibility index (Phi) is 4.15. The summed E-state index contributed by atoms with van der Waals surface area (Å²) < 4.78 is 15.1. The molecule has 0 atom stereocenters. The van der Waals surface area contributed by atoms with Gasteiger partial charge in [0.05, 0.1) is 0 Å². The van der Waals surface area contributed by atoms with E-state index in [4.69, 9.17) is 0 Å². The molecule has 0 aliphatic heterocycles. The summed E-state index contributed by atoms with van der Waals surface area (Å²) >= 11 is 2.25. The van der Waals surface area contributed by atoms with Crippen molar-refractivity contribution in [1.82, 2.24) is 0 Å². The molecule has 0 aromatic heterocycles. The predicted octanol–water partition coefficient (Wildman–Crippen LogP) is 5.05. The first kappa shape index (κ1) is 12.6. The molecule has 2 heteroatoms. The Balaban J connectivity index is 2.36. The molecule has 0 saturated carbocycles. The highest BCUT2D eigenvalue weighted by molar-refractivity contribution is 14.1. The lowest BCUT2D eigenvalue weighted by molar-refractivity contribution is 0.628. The van der Waals surface area contributed by atoms with Gasteiger partial charge in [-0.15, -0.1) is 0 Å². The zero-order valence-corrected chi connectivity index (χ0v) is 11.9. The van der Waals surface area contributed by atoms with E-state index in [2.05, 4.69) is 29.5 Å². The molecule has 0 N–H and O–H groups in total. The molecular formula is C15H14FI. The van der Waals surface area contributed by atoms with Crippen molar-refractivity contribution in [1.29, 1.82) is 0 Å². The highest BCUT2D eigenvalue weighted by Gasteiger charge is 2.05. The van der Waals surface area contributed by atoms with Crippen molar-refractivity contribution in [2.24, 2.45) is 0 Å². The summed E-state index contributed by atoms with van der Waals surface area (Å²) in [6.45, 7) is 2.10. The van der Waals surface area contributed by atoms with Crippen LogP contribution in [0.25, 0.3) is 11.1 Å². The molecule has 0 aliphatic rings. The lowest BCUT2D eigenvalue weighted by atomic mass is 10.0. The van der Waals surface area contributed by atoms with Crippen LogP contribution in [0.15, 0.2) is 42.5 Å². The van der Waals surface area contributed by atoms with Crippen LogP contribution in [-0.2, 0) is 6.42 Å². The van der Waals surface area contributed by atoms with E-state index in [0.717, 1.165) is 27.5 Å². The van der Waals surface area contributed by atoms with Crippen LogP contribution in [-0.4, -0.2) is 0 Å². The molecule has 2 aromatic carbocycles. The fourth-order valence-electron chi connectivity index (χ4n) is 1.87. The van der Waals surface area contributed by atoms with Crippen LogP contribution in [0.5, 0.6) is 0 Å². The largest absolute Gasteiger partial charge is 0.206 e. The van der Waals surface area contributed by atoms with Crippen LogP contribution in [0.4, 0.5) is 4.39 Å². The maximum atomic E-state index is 14.0. The number of benzene rings is 2. The Labute approximate surface area is 115 Å². The maximum Gasteiger partial charge on any atom is 0.131 e. The molecule has 0 aliphatic carbocycles. The molecule has 88 valence electrons. The fourth-order valence-corrected chi connectivity index (χ4v) is 2.23. The van der Waals surface area contributed by atoms with Crippen LogP contribution in [0.3, 0.4) is 0 Å². The van der Waals surface area contributed by atoms with Crippen molar-refractivity contribution in [3.8, 4) is 11.1 Å². The van der Waals surface area contributed by atoms with E-state index in [1.165, 1.54) is 0 Å². The molecule has 17 heavy (non-hydrogen) atoms. The molecule has 2 rings (SSSR count). The molecule has 0 spiro atoms. The smallest absolute Gasteiger partial charge is 0.131 e. The van der Waals surface area contributed by atoms with Gasteiger partial charge in [-0.25, -0.2) is 4.39 Å². The van der Waals surface area contributed by atoms with Gasteiger partial charge in [0.2, 0.25) is 0 Å². The molecule has 0 unspecified atom stereocenters. The molecule has 0 fully saturated rings. The monoisotopic (exact) mass is 340 g/mol. The maximum absolute atomic E-state index is 14.0. The molecule has 0 radical (unpaired) electrons. The highest BCUT2D eigenvalue weighted by atomic mass is 127. The summed E-state index contributed by atoms with van der Waals surface area (Å²) in [4.78, 5) is 0. The Morgan fingerprint density at radius 3 is 2.35 bits per heavy atom. The lowest BCUT2D eigenvalue weighted by Gasteiger charge is -2.06. The molecule has 0 bridgehead atoms. The summed E-state index contributed by atoms with van der Waals surface area (Å²) in [5.41, 5.74) is 2.69. The van der Waals surface area contributed by atoms with Gasteiger partial charge in [-0.05, 0) is 58.3 Å². The summed E-state index contributed by atoms with van der Waals surface area (Å²) in [5, 5.41) is 0. The zero-order valence-electron chi connectivity index (χ0n) is 9.71. The predicted molar refractivity (Wildman–Crippen MR) is 78.5 cm³/mol. The Morgan fingerprint density at radius 1 is 1.06 bits per heavy atom. The van der Waals surface area contributed by atoms with Gasteiger partial charge in [-0.1, -0.05) is 37.6 Å². The number of halogens is 2. The van der Waals surface area contributed by atoms with Crippen molar-refractivity contribution >= 4 is 22.6 Å². The minimum Gasteiger partial charge on any atom is -0.206 e. The summed E-state index contributed by atoms with van der Waals surface area (Å²) in [5.74, 6) is -0.128. The van der Waals surface area contributed by atoms with Gasteiger partial charge < -0.3 is 0 Å². The van der Waals surface area contributed by atoms with Crippen LogP contribution in [0.1, 0.15) is 18.9 Å². The van der Waals surface area contributed by atoms with Gasteiger partial charge >= 0.3 is 0 Å². The SMILES string of the molecule is CCCc1ccc(-c2ccc(I)cc2)c(F)c1. The topological polar surface area (TPSA) is 0 Å². The summed E-state index contributed by atoms with van der Waals surface area (Å²) in [7, 11) is 0. The summed E-state index contributed by atoms with van der Waals surface area (Å²) in [6.07, 6.45) is 1.98. The van der Waals surface area contributed by atoms with E-state index in [1.54, 1.807) is 6.07 Å². The molecular weight excluding hydrogens is 326 g/mol. The number of hydrogen-bond donors (Lipinski definition) is 0. The first-order valence-electron chi connectivity index (χ1n) is 5.75. The van der Waals surface area contributed by atoms with Crippen molar-refractivity contribution < 1.29 is 4.39 Å². The van der Waals surface area contributed by atoms with Crippen LogP contribution < -0.4 is 0 Å². The highest BCUT2D eigenvalue weighted by Crippen LogP contribution is 2.24. The van der Waals surface area contributed by atoms with Gasteiger partial charge in [0.25, 0.3) is 0 Å². The fraction of sp³-hybridized carbons (Fsp3) is 0.200. The molecule has 2 aromatic rings. The van der Waals surface area contributed by atoms with Crippen molar-refractivity contribution in [2.45, 2.75) is 19.8 Å². The Morgan fingerprint density at radius 2 is 1.76 bits per heavy atom. The third-order valence-electron chi connectivity index (χ3n) is 2.73. The zero-order chi connectivity index (χ0) is 12.3. The van der Waals surface area contributed by atoms with Crippen LogP contribution in [0.2, 0.25) is 0 Å². The lowest BCUT2D eigenvalue weighted by Crippen LogP contribution is -1.89. The van der Waals surface area contributed by atoms with E-state index >= 15 is 0 Å². The van der Waals surface area contributed by atoms with Gasteiger partial charge in [0.1, 0.15) is 5.82 Å². The van der Waals surface area contributed by atoms with Gasteiger partial charge in [-0.3, -0.25) is 0 Å². The number of aryl methyl sites for hydroxylation is 1. The number of rotatable bonds is 3. The van der Waals surface area contributed by atoms with Crippen molar-refractivity contribution in [3.05, 3.63) is 57.4 Å². The van der Waals surface area contributed by atoms with Crippen molar-refractivity contribution in [2.75, 3.05) is 0 Å². The number of hydrogen-bond acceptors (Lipinski definition) is 0. The third-order valence-corrected chi connectivity index (χ3v) is 3.45. The second-order valence-electron chi connectivity index (χ2n) is 4.07. The quantitative estimate of drug-likeness (QED) is 0.686. The Hall–Kier alpha value is -0.900. The minimum absolute atomic E-state index is 0.128. The second kappa shape index (κ2) is 5.63. The molecule has 0 heterocycles. The van der Waals surface area contributed by atoms with E-state index in [-0.39, 0.29) is 5.82 Å². The molecule has 0 amide bonds. The van der Waals surface area contributed by atoms with Gasteiger partial charge in [-0.2, -0.15) is 0 Å². The van der Waals surface area contributed by atoms with Gasteiger partial charge in [0.15, 0.2) is 0 Å². The Bertz CT molecular complexity index is 503. The molecule has 0 nitrogen and oxygen atoms in total. The minimum atomic E-state index is -0.128. The molecule has 0 saturated heterocycles. The van der Waals surface area contributed by atoms with Crippen LogP contribution >= 0.6 is 22.6 Å². The normalized spacial score (nSPS) is 10.5. The summed E-state index contributed by atoms with van der Waals surface area (Å²) in [6, 6.07) is 13.4. The van der Waals surface area contributed by atoms with E-state index < -0.39 is 0 Å². The third kappa shape index (κ3) is 3.06. The van der Waals surface area contributed by atoms with Gasteiger partial charge in [0, 0.05) is 9.13 Å². The second-order valence-corrected chi connectivity index (χ2v) is 5.32. The first-order valence-corrected chi connectivity index (χ1v) is 6.83. The average Bonchev–Trinajstić information content (AvgIpc) is 2.31. The standard InChI is InChI=1S/C15H14FI/c1-2-3-11-4-9-14(15(16)10-11)12-5-7-13(17)8-6-12/h4-10H,2-3H2,1H3. The average molecular weight is 340 g/mol. The van der Waals surface area contributed by atoms with Crippen LogP contribution in [0, 0.1) is 9.39 Å². The van der Waals surface area contributed by atoms with E-state index in [1.807, 2.05) is 36.4 Å². The van der Waals surface area contributed by atoms with E-state index in [9.17, 15) is 4.39 Å². The van der Waals surface area contributed by atoms with E-state index in [0.29, 0.717) is 5.56 Å². The first-order chi connectivity index (χ1) is 8.20. The van der Waals surface area contributed by atoms with Crippen molar-refractivity contribution in [3.63, 3.8) is 0 Å².